The second-order valence-corrected chi connectivity index (χ2v) is 12.5. The van der Waals surface area contributed by atoms with E-state index in [1.165, 1.54) is 0 Å². The lowest BCUT2D eigenvalue weighted by Gasteiger charge is -2.50. The number of hydrogen-bond acceptors (Lipinski definition) is 3. The zero-order valence-corrected chi connectivity index (χ0v) is 23.0. The van der Waals surface area contributed by atoms with Crippen LogP contribution in [0.25, 0.3) is 0 Å². The third kappa shape index (κ3) is 6.21. The Kier molecular flexibility index (Phi) is 7.97. The maximum Gasteiger partial charge on any atom is 0.322 e. The number of aryl methyl sites for hydroxylation is 1. The molecule has 1 aliphatic heterocycles. The predicted molar refractivity (Wildman–Crippen MR) is 140 cm³/mol. The van der Waals surface area contributed by atoms with E-state index in [0.717, 1.165) is 42.4 Å². The minimum absolute atomic E-state index is 0.0516. The fourth-order valence-electron chi connectivity index (χ4n) is 5.11. The number of carboxylic acid groups (broad SMARTS) is 1. The molecule has 194 valence electrons. The van der Waals surface area contributed by atoms with Gasteiger partial charge in [-0.05, 0) is 72.6 Å². The van der Waals surface area contributed by atoms with E-state index in [1.54, 1.807) is 12.0 Å². The van der Waals surface area contributed by atoms with Crippen molar-refractivity contribution in [2.24, 2.45) is 10.8 Å². The van der Waals surface area contributed by atoms with Gasteiger partial charge in [0, 0.05) is 30.8 Å². The van der Waals surface area contributed by atoms with E-state index in [1.807, 2.05) is 39.1 Å². The maximum absolute atomic E-state index is 13.3. The van der Waals surface area contributed by atoms with Crippen molar-refractivity contribution in [2.45, 2.75) is 97.8 Å². The normalized spacial score (nSPS) is 25.1. The molecule has 1 fully saturated rings. The van der Waals surface area contributed by atoms with E-state index >= 15 is 0 Å². The summed E-state index contributed by atoms with van der Waals surface area (Å²) in [5.74, 6) is -0.828. The Hall–Kier alpha value is -2.05. The number of benzene rings is 1. The van der Waals surface area contributed by atoms with E-state index in [-0.39, 0.29) is 30.0 Å². The van der Waals surface area contributed by atoms with E-state index < -0.39 is 16.9 Å². The molecule has 2 N–H and O–H groups in total. The summed E-state index contributed by atoms with van der Waals surface area (Å²) in [5.41, 5.74) is 1.89. The van der Waals surface area contributed by atoms with Crippen molar-refractivity contribution in [1.29, 1.82) is 0 Å². The molecule has 3 rings (SSSR count). The van der Waals surface area contributed by atoms with Crippen molar-refractivity contribution in [3.05, 3.63) is 46.1 Å². The fraction of sp³-hybridized carbons (Fsp3) is 0.643. The predicted octanol–water partition coefficient (Wildman–Crippen LogP) is 6.51. The number of rotatable bonds is 9. The largest absolute Gasteiger partial charge is 0.481 e. The van der Waals surface area contributed by atoms with Crippen molar-refractivity contribution in [3.8, 4) is 0 Å². The van der Waals surface area contributed by atoms with Crippen LogP contribution in [0.15, 0.2) is 30.0 Å². The molecule has 0 unspecified atom stereocenters. The molecule has 1 atom stereocenters. The van der Waals surface area contributed by atoms with Crippen molar-refractivity contribution >= 4 is 23.6 Å². The molecule has 35 heavy (non-hydrogen) atoms. The average molecular weight is 505 g/mol. The summed E-state index contributed by atoms with van der Waals surface area (Å²) < 4.78 is 5.42. The molecular formula is C28H41ClN2O4. The SMILES string of the molecule is CO[C@H]1C[C@H](N2C=C(C(C)(C)CCC(=O)O)[C@](C)(c3ccc(CCC(C)(C)C)c(Cl)c3)NC2=O)C1. The minimum Gasteiger partial charge on any atom is -0.481 e. The van der Waals surface area contributed by atoms with Crippen LogP contribution in [0, 0.1) is 10.8 Å². The first-order chi connectivity index (χ1) is 16.2. The Morgan fingerprint density at radius 3 is 2.43 bits per heavy atom. The second-order valence-electron chi connectivity index (χ2n) is 12.1. The van der Waals surface area contributed by atoms with Gasteiger partial charge in [0.2, 0.25) is 0 Å². The molecular weight excluding hydrogens is 464 g/mol. The number of halogens is 1. The highest BCUT2D eigenvalue weighted by Gasteiger charge is 2.47. The van der Waals surface area contributed by atoms with Gasteiger partial charge < -0.3 is 15.2 Å². The molecule has 2 aliphatic rings. The maximum atomic E-state index is 13.3. The van der Waals surface area contributed by atoms with Crippen LogP contribution in [0.1, 0.15) is 84.8 Å². The average Bonchev–Trinajstić information content (AvgIpc) is 2.71. The van der Waals surface area contributed by atoms with Crippen LogP contribution in [-0.4, -0.2) is 41.3 Å². The highest BCUT2D eigenvalue weighted by molar-refractivity contribution is 6.31. The molecule has 1 heterocycles. The van der Waals surface area contributed by atoms with Gasteiger partial charge in [0.25, 0.3) is 0 Å². The molecule has 2 amide bonds. The van der Waals surface area contributed by atoms with E-state index in [2.05, 4.69) is 32.2 Å². The molecule has 6 nitrogen and oxygen atoms in total. The van der Waals surface area contributed by atoms with Gasteiger partial charge in [-0.3, -0.25) is 9.69 Å². The first-order valence-electron chi connectivity index (χ1n) is 12.5. The molecule has 1 saturated carbocycles. The highest BCUT2D eigenvalue weighted by atomic mass is 35.5. The lowest BCUT2D eigenvalue weighted by Crippen LogP contribution is -2.60. The molecule has 0 bridgehead atoms. The van der Waals surface area contributed by atoms with Gasteiger partial charge in [-0.2, -0.15) is 0 Å². The number of ether oxygens (including phenoxy) is 1. The van der Waals surface area contributed by atoms with Crippen LogP contribution < -0.4 is 5.32 Å². The van der Waals surface area contributed by atoms with E-state index in [4.69, 9.17) is 16.3 Å². The first kappa shape index (κ1) is 27.5. The van der Waals surface area contributed by atoms with E-state index in [0.29, 0.717) is 11.4 Å². The van der Waals surface area contributed by atoms with Gasteiger partial charge in [-0.25, -0.2) is 4.79 Å². The summed E-state index contributed by atoms with van der Waals surface area (Å²) in [6.45, 7) is 12.7. The number of nitrogens with one attached hydrogen (secondary N) is 1. The third-order valence-electron chi connectivity index (χ3n) is 7.66. The number of urea groups is 1. The number of hydrogen-bond donors (Lipinski definition) is 2. The molecule has 7 heteroatoms. The topological polar surface area (TPSA) is 78.9 Å². The fourth-order valence-corrected chi connectivity index (χ4v) is 5.38. The summed E-state index contributed by atoms with van der Waals surface area (Å²) in [7, 11) is 1.69. The smallest absolute Gasteiger partial charge is 0.322 e. The Bertz CT molecular complexity index is 991. The third-order valence-corrected chi connectivity index (χ3v) is 8.01. The number of methoxy groups -OCH3 is 1. The quantitative estimate of drug-likeness (QED) is 0.401. The minimum atomic E-state index is -0.828. The number of carboxylic acids is 1. The highest BCUT2D eigenvalue weighted by Crippen LogP contribution is 2.47. The van der Waals surface area contributed by atoms with Crippen molar-refractivity contribution in [2.75, 3.05) is 7.11 Å². The Balaban J connectivity index is 1.99. The summed E-state index contributed by atoms with van der Waals surface area (Å²) in [6, 6.07) is 5.98. The Morgan fingerprint density at radius 2 is 1.89 bits per heavy atom. The number of carbonyl (C=O) groups excluding carboxylic acids is 1. The number of nitrogens with zero attached hydrogens (tertiary/aromatic N) is 1. The Labute approximate surface area is 215 Å². The van der Waals surface area contributed by atoms with Crippen LogP contribution >= 0.6 is 11.6 Å². The van der Waals surface area contributed by atoms with Crippen LogP contribution in [-0.2, 0) is 21.5 Å². The Morgan fingerprint density at radius 1 is 1.23 bits per heavy atom. The van der Waals surface area contributed by atoms with Gasteiger partial charge in [-0.1, -0.05) is 58.4 Å². The number of carbonyl (C=O) groups is 2. The monoisotopic (exact) mass is 504 g/mol. The summed E-state index contributed by atoms with van der Waals surface area (Å²) in [4.78, 5) is 26.5. The number of amides is 2. The standard InChI is InChI=1S/C28H41ClN2O4/c1-26(2,3)12-10-18-8-9-19(14-22(18)29)28(6)23(27(4,5)13-11-24(32)33)17-31(25(34)30-28)20-15-21(16-20)35-7/h8-9,14,17,20-21H,10-13,15-16H2,1-7H3,(H,30,34)(H,32,33)/t20-,21-,28-/m0/s1. The van der Waals surface area contributed by atoms with Crippen LogP contribution in [0.3, 0.4) is 0 Å². The van der Waals surface area contributed by atoms with Crippen molar-refractivity contribution < 1.29 is 19.4 Å². The molecule has 1 aliphatic carbocycles. The van der Waals surface area contributed by atoms with Gasteiger partial charge >= 0.3 is 12.0 Å². The summed E-state index contributed by atoms with van der Waals surface area (Å²) >= 11 is 6.75. The second kappa shape index (κ2) is 10.1. The van der Waals surface area contributed by atoms with Gasteiger partial charge in [-0.15, -0.1) is 0 Å². The van der Waals surface area contributed by atoms with Crippen molar-refractivity contribution in [3.63, 3.8) is 0 Å². The summed E-state index contributed by atoms with van der Waals surface area (Å²) in [6.07, 6.45) is 6.10. The van der Waals surface area contributed by atoms with Crippen molar-refractivity contribution in [1.82, 2.24) is 10.2 Å². The molecule has 0 saturated heterocycles. The van der Waals surface area contributed by atoms with Crippen LogP contribution in [0.2, 0.25) is 5.02 Å². The zero-order valence-electron chi connectivity index (χ0n) is 22.2. The molecule has 0 radical (unpaired) electrons. The molecule has 1 aromatic rings. The van der Waals surface area contributed by atoms with E-state index in [9.17, 15) is 14.7 Å². The van der Waals surface area contributed by atoms with Gasteiger partial charge in [0.05, 0.1) is 11.6 Å². The lowest BCUT2D eigenvalue weighted by atomic mass is 9.68. The van der Waals surface area contributed by atoms with Gasteiger partial charge in [0.15, 0.2) is 0 Å². The molecule has 0 aromatic heterocycles. The van der Waals surface area contributed by atoms with Crippen LogP contribution in [0.4, 0.5) is 4.79 Å². The van der Waals surface area contributed by atoms with Gasteiger partial charge in [0.1, 0.15) is 0 Å². The number of aliphatic carboxylic acids is 1. The summed E-state index contributed by atoms with van der Waals surface area (Å²) in [5, 5.41) is 13.3. The zero-order chi connectivity index (χ0) is 26.2. The molecule has 0 spiro atoms. The lowest BCUT2D eigenvalue weighted by molar-refractivity contribution is -0.137. The first-order valence-corrected chi connectivity index (χ1v) is 12.9. The molecule has 1 aromatic carbocycles. The van der Waals surface area contributed by atoms with Crippen LogP contribution in [0.5, 0.6) is 0 Å².